The molecule has 26 heavy (non-hydrogen) atoms. The fraction of sp³-hybridized carbons (Fsp3) is 0.500. The van der Waals surface area contributed by atoms with E-state index < -0.39 is 4.92 Å². The average molecular weight is 357 g/mol. The van der Waals surface area contributed by atoms with Crippen molar-refractivity contribution in [3.8, 4) is 11.5 Å². The summed E-state index contributed by atoms with van der Waals surface area (Å²) >= 11 is 0. The molecule has 2 fully saturated rings. The third-order valence-corrected chi connectivity index (χ3v) is 5.46. The van der Waals surface area contributed by atoms with E-state index in [4.69, 9.17) is 9.15 Å². The topological polar surface area (TPSA) is 108 Å². The minimum atomic E-state index is -0.474. The number of benzene rings is 1. The fourth-order valence-electron chi connectivity index (χ4n) is 4.20. The normalized spacial score (nSPS) is 23.9. The number of carbonyl (C=O) groups is 1. The van der Waals surface area contributed by atoms with Crippen molar-refractivity contribution in [3.05, 3.63) is 40.3 Å². The van der Waals surface area contributed by atoms with Crippen LogP contribution >= 0.6 is 0 Å². The summed E-state index contributed by atoms with van der Waals surface area (Å²) in [5, 5.41) is 18.4. The van der Waals surface area contributed by atoms with Crippen LogP contribution in [-0.4, -0.2) is 21.1 Å². The summed E-state index contributed by atoms with van der Waals surface area (Å²) in [6.45, 7) is -0.0559. The van der Waals surface area contributed by atoms with E-state index in [-0.39, 0.29) is 30.0 Å². The number of fused-ring (bicyclic) bond motifs is 2. The number of esters is 1. The number of nitrogens with zero attached hydrogens (tertiary/aromatic N) is 3. The number of aromatic nitrogens is 2. The molecule has 8 nitrogen and oxygen atoms in total. The number of hydrogen-bond acceptors (Lipinski definition) is 7. The predicted octanol–water partition coefficient (Wildman–Crippen LogP) is 3.51. The molecule has 0 unspecified atom stereocenters. The Kier molecular flexibility index (Phi) is 4.40. The Balaban J connectivity index is 1.30. The first-order valence-electron chi connectivity index (χ1n) is 8.81. The van der Waals surface area contributed by atoms with Gasteiger partial charge in [0.05, 0.1) is 4.92 Å². The Morgan fingerprint density at radius 1 is 1.23 bits per heavy atom. The fourth-order valence-corrected chi connectivity index (χ4v) is 4.20. The first-order valence-corrected chi connectivity index (χ1v) is 8.81. The van der Waals surface area contributed by atoms with Crippen LogP contribution in [0.25, 0.3) is 11.5 Å². The molecule has 2 bridgehead atoms. The van der Waals surface area contributed by atoms with Crippen LogP contribution in [0.3, 0.4) is 0 Å². The second-order valence-electron chi connectivity index (χ2n) is 7.10. The number of ether oxygens (including phenoxy) is 1. The van der Waals surface area contributed by atoms with E-state index in [1.807, 2.05) is 0 Å². The zero-order chi connectivity index (χ0) is 18.1. The van der Waals surface area contributed by atoms with Crippen LogP contribution in [0.2, 0.25) is 0 Å². The minimum Gasteiger partial charge on any atom is -0.456 e. The molecule has 0 radical (unpaired) electrons. The Morgan fingerprint density at radius 2 is 2.04 bits per heavy atom. The summed E-state index contributed by atoms with van der Waals surface area (Å²) in [5.41, 5.74) is 0.561. The zero-order valence-electron chi connectivity index (χ0n) is 14.2. The van der Waals surface area contributed by atoms with Gasteiger partial charge in [-0.1, -0.05) is 6.42 Å². The average Bonchev–Trinajstić information content (AvgIpc) is 3.37. The molecule has 0 N–H and O–H groups in total. The van der Waals surface area contributed by atoms with E-state index in [0.29, 0.717) is 23.8 Å². The van der Waals surface area contributed by atoms with E-state index in [9.17, 15) is 14.9 Å². The van der Waals surface area contributed by atoms with Gasteiger partial charge in [0.1, 0.15) is 0 Å². The maximum atomic E-state index is 12.1. The van der Waals surface area contributed by atoms with Crippen molar-refractivity contribution in [1.29, 1.82) is 0 Å². The number of nitro groups is 1. The van der Waals surface area contributed by atoms with Gasteiger partial charge >= 0.3 is 5.97 Å². The van der Waals surface area contributed by atoms with Crippen LogP contribution in [0, 0.1) is 27.9 Å². The van der Waals surface area contributed by atoms with Crippen molar-refractivity contribution in [2.75, 3.05) is 0 Å². The van der Waals surface area contributed by atoms with E-state index in [1.54, 1.807) is 0 Å². The molecule has 136 valence electrons. The molecule has 4 rings (SSSR count). The number of rotatable bonds is 6. The Hall–Kier alpha value is -2.77. The van der Waals surface area contributed by atoms with Crippen molar-refractivity contribution in [2.45, 2.75) is 38.7 Å². The number of non-ortho nitro benzene ring substituents is 1. The maximum Gasteiger partial charge on any atom is 0.306 e. The number of hydrogen-bond donors (Lipinski definition) is 0. The van der Waals surface area contributed by atoms with Crippen molar-refractivity contribution >= 4 is 11.7 Å². The van der Waals surface area contributed by atoms with E-state index in [0.717, 1.165) is 12.3 Å². The van der Waals surface area contributed by atoms with Crippen LogP contribution in [0.5, 0.6) is 0 Å². The van der Waals surface area contributed by atoms with Crippen LogP contribution in [0.1, 0.15) is 38.0 Å². The summed E-state index contributed by atoms with van der Waals surface area (Å²) in [5.74, 6) is 2.17. The molecule has 2 aliphatic carbocycles. The molecule has 1 aromatic carbocycles. The molecule has 3 atom stereocenters. The summed E-state index contributed by atoms with van der Waals surface area (Å²) in [6, 6.07) is 5.82. The maximum absolute atomic E-state index is 12.1. The van der Waals surface area contributed by atoms with Crippen LogP contribution in [0.4, 0.5) is 5.69 Å². The van der Waals surface area contributed by atoms with Gasteiger partial charge in [0.25, 0.3) is 11.6 Å². The molecular formula is C18H19N3O5. The first-order chi connectivity index (χ1) is 12.6. The lowest BCUT2D eigenvalue weighted by molar-refractivity contribution is -0.384. The molecule has 2 aliphatic rings. The highest BCUT2D eigenvalue weighted by molar-refractivity contribution is 5.69. The van der Waals surface area contributed by atoms with Gasteiger partial charge in [0.2, 0.25) is 5.89 Å². The highest BCUT2D eigenvalue weighted by Gasteiger charge is 2.40. The summed E-state index contributed by atoms with van der Waals surface area (Å²) in [4.78, 5) is 22.3. The van der Waals surface area contributed by atoms with Crippen molar-refractivity contribution in [1.82, 2.24) is 10.2 Å². The van der Waals surface area contributed by atoms with E-state index >= 15 is 0 Å². The molecule has 0 amide bonds. The molecule has 1 aromatic heterocycles. The van der Waals surface area contributed by atoms with Gasteiger partial charge in [0.15, 0.2) is 6.61 Å². The first kappa shape index (κ1) is 16.7. The van der Waals surface area contributed by atoms with Gasteiger partial charge in [-0.15, -0.1) is 10.2 Å². The lowest BCUT2D eigenvalue weighted by Gasteiger charge is -2.20. The molecular weight excluding hydrogens is 338 g/mol. The molecule has 0 aliphatic heterocycles. The molecule has 8 heteroatoms. The van der Waals surface area contributed by atoms with E-state index in [2.05, 4.69) is 10.2 Å². The van der Waals surface area contributed by atoms with Crippen LogP contribution in [-0.2, 0) is 16.1 Å². The quantitative estimate of drug-likeness (QED) is 0.442. The summed E-state index contributed by atoms with van der Waals surface area (Å²) in [6.07, 6.45) is 5.42. The highest BCUT2D eigenvalue weighted by Crippen LogP contribution is 2.49. The smallest absolute Gasteiger partial charge is 0.306 e. The predicted molar refractivity (Wildman–Crippen MR) is 89.7 cm³/mol. The van der Waals surface area contributed by atoms with Gasteiger partial charge in [-0.25, -0.2) is 0 Å². The molecule has 2 saturated carbocycles. The zero-order valence-corrected chi connectivity index (χ0v) is 14.2. The molecule has 1 heterocycles. The van der Waals surface area contributed by atoms with Crippen LogP contribution in [0.15, 0.2) is 28.7 Å². The summed E-state index contributed by atoms with van der Waals surface area (Å²) < 4.78 is 10.7. The van der Waals surface area contributed by atoms with Gasteiger partial charge in [-0.2, -0.15) is 0 Å². The third kappa shape index (κ3) is 3.44. The Morgan fingerprint density at radius 3 is 2.69 bits per heavy atom. The lowest BCUT2D eigenvalue weighted by atomic mass is 9.86. The SMILES string of the molecule is O=C(C[C@H]1C[C@@H]2CC[C@@H]1C2)OCc1nnc(-c2ccc([N+](=O)[O-])cc2)o1. The number of carbonyl (C=O) groups excluding carboxylic acids is 1. The number of nitro benzene ring substituents is 1. The van der Waals surface area contributed by atoms with Crippen molar-refractivity contribution in [3.63, 3.8) is 0 Å². The van der Waals surface area contributed by atoms with Crippen LogP contribution < -0.4 is 0 Å². The van der Waals surface area contributed by atoms with Crippen molar-refractivity contribution < 1.29 is 18.9 Å². The molecule has 0 spiro atoms. The lowest BCUT2D eigenvalue weighted by Crippen LogP contribution is -2.17. The molecule has 0 saturated heterocycles. The largest absolute Gasteiger partial charge is 0.456 e. The third-order valence-electron chi connectivity index (χ3n) is 5.46. The van der Waals surface area contributed by atoms with E-state index in [1.165, 1.54) is 43.5 Å². The van der Waals surface area contributed by atoms with Gasteiger partial charge in [-0.3, -0.25) is 14.9 Å². The van der Waals surface area contributed by atoms with Gasteiger partial charge in [-0.05, 0) is 49.1 Å². The second-order valence-corrected chi connectivity index (χ2v) is 7.10. The Bertz CT molecular complexity index is 816. The summed E-state index contributed by atoms with van der Waals surface area (Å²) in [7, 11) is 0. The Labute approximate surface area is 149 Å². The second kappa shape index (κ2) is 6.86. The van der Waals surface area contributed by atoms with Crippen molar-refractivity contribution in [2.24, 2.45) is 17.8 Å². The van der Waals surface area contributed by atoms with Gasteiger partial charge in [0, 0.05) is 24.1 Å². The highest BCUT2D eigenvalue weighted by atomic mass is 16.6. The minimum absolute atomic E-state index is 0.0111. The standard InChI is InChI=1S/C18H19N3O5/c22-17(9-14-8-11-1-2-13(14)7-11)25-10-16-19-20-18(26-16)12-3-5-15(6-4-12)21(23)24/h3-6,11,13-14H,1-2,7-10H2/t11-,13-,14-/m1/s1. The van der Waals surface area contributed by atoms with Gasteiger partial charge < -0.3 is 9.15 Å². The monoisotopic (exact) mass is 357 g/mol. The molecule has 2 aromatic rings.